The third-order valence-electron chi connectivity index (χ3n) is 3.27. The van der Waals surface area contributed by atoms with E-state index in [-0.39, 0.29) is 6.10 Å². The summed E-state index contributed by atoms with van der Waals surface area (Å²) >= 11 is 0. The zero-order valence-corrected chi connectivity index (χ0v) is 9.21. The highest BCUT2D eigenvalue weighted by molar-refractivity contribution is 5.06. The normalized spacial score (nSPS) is 32.6. The molecule has 0 spiro atoms. The maximum absolute atomic E-state index is 9.92. The van der Waals surface area contributed by atoms with Gasteiger partial charge in [-0.15, -0.1) is 6.58 Å². The quantitative estimate of drug-likeness (QED) is 0.681. The van der Waals surface area contributed by atoms with Gasteiger partial charge in [0.05, 0.1) is 6.10 Å². The Kier molecular flexibility index (Phi) is 4.40. The number of allylic oxidation sites excluding steroid dienone is 1. The number of hydrogen-bond acceptors (Lipinski definition) is 1. The largest absolute Gasteiger partial charge is 0.392 e. The SMILES string of the molecule is C=CCCC(=C)[C@@H]1CC[C@@H](C)C[C@H]1O. The van der Waals surface area contributed by atoms with E-state index in [9.17, 15) is 5.11 Å². The Bertz CT molecular complexity index is 207. The van der Waals surface area contributed by atoms with Gasteiger partial charge in [0.1, 0.15) is 0 Å². The van der Waals surface area contributed by atoms with Crippen molar-refractivity contribution in [3.8, 4) is 0 Å². The average Bonchev–Trinajstić information content (AvgIpc) is 2.14. The third kappa shape index (κ3) is 2.98. The van der Waals surface area contributed by atoms with E-state index in [1.165, 1.54) is 12.0 Å². The van der Waals surface area contributed by atoms with Gasteiger partial charge >= 0.3 is 0 Å². The molecule has 0 heterocycles. The molecule has 80 valence electrons. The molecule has 1 aliphatic rings. The number of hydrogen-bond donors (Lipinski definition) is 1. The molecule has 3 atom stereocenters. The molecule has 0 aromatic carbocycles. The molecular weight excluding hydrogens is 172 g/mol. The highest BCUT2D eigenvalue weighted by Gasteiger charge is 2.28. The van der Waals surface area contributed by atoms with Crippen molar-refractivity contribution in [2.24, 2.45) is 11.8 Å². The van der Waals surface area contributed by atoms with Crippen LogP contribution in [0.1, 0.15) is 39.0 Å². The molecule has 1 N–H and O–H groups in total. The van der Waals surface area contributed by atoms with E-state index in [1.807, 2.05) is 6.08 Å². The fourth-order valence-electron chi connectivity index (χ4n) is 2.30. The molecular formula is C13H22O. The van der Waals surface area contributed by atoms with Crippen molar-refractivity contribution in [1.29, 1.82) is 0 Å². The molecule has 0 radical (unpaired) electrons. The third-order valence-corrected chi connectivity index (χ3v) is 3.27. The van der Waals surface area contributed by atoms with Gasteiger partial charge in [0.2, 0.25) is 0 Å². The van der Waals surface area contributed by atoms with Crippen LogP contribution in [0.25, 0.3) is 0 Å². The molecule has 0 aromatic heterocycles. The van der Waals surface area contributed by atoms with Crippen LogP contribution in [0, 0.1) is 11.8 Å². The zero-order chi connectivity index (χ0) is 10.6. The fraction of sp³-hybridized carbons (Fsp3) is 0.692. The second-order valence-electron chi connectivity index (χ2n) is 4.58. The van der Waals surface area contributed by atoms with E-state index in [0.717, 1.165) is 25.7 Å². The fourth-order valence-corrected chi connectivity index (χ4v) is 2.30. The Labute approximate surface area is 87.5 Å². The van der Waals surface area contributed by atoms with Gasteiger partial charge in [0, 0.05) is 5.92 Å². The topological polar surface area (TPSA) is 20.2 Å². The van der Waals surface area contributed by atoms with Crippen LogP contribution in [-0.4, -0.2) is 11.2 Å². The summed E-state index contributed by atoms with van der Waals surface area (Å²) in [5.74, 6) is 1.01. The first-order chi connectivity index (χ1) is 6.65. The Morgan fingerprint density at radius 2 is 2.21 bits per heavy atom. The van der Waals surface area contributed by atoms with Crippen LogP contribution in [0.3, 0.4) is 0 Å². The lowest BCUT2D eigenvalue weighted by atomic mass is 9.76. The molecule has 14 heavy (non-hydrogen) atoms. The standard InChI is InChI=1S/C13H22O/c1-4-5-6-11(3)12-8-7-10(2)9-13(12)14/h4,10,12-14H,1,3,5-9H2,2H3/t10-,12+,13-/m1/s1. The lowest BCUT2D eigenvalue weighted by Gasteiger charge is -2.32. The summed E-state index contributed by atoms with van der Waals surface area (Å²) in [6.07, 6.45) is 7.02. The molecule has 1 aliphatic carbocycles. The smallest absolute Gasteiger partial charge is 0.0607 e. The van der Waals surface area contributed by atoms with Crippen molar-refractivity contribution in [3.63, 3.8) is 0 Å². The van der Waals surface area contributed by atoms with Crippen molar-refractivity contribution in [3.05, 3.63) is 24.8 Å². The van der Waals surface area contributed by atoms with E-state index in [4.69, 9.17) is 0 Å². The van der Waals surface area contributed by atoms with Crippen LogP contribution < -0.4 is 0 Å². The molecule has 1 fully saturated rings. The van der Waals surface area contributed by atoms with Gasteiger partial charge < -0.3 is 5.11 Å². The summed E-state index contributed by atoms with van der Waals surface area (Å²) in [5, 5.41) is 9.92. The number of aliphatic hydroxyl groups is 1. The number of aliphatic hydroxyl groups excluding tert-OH is 1. The molecule has 1 rings (SSSR count). The van der Waals surface area contributed by atoms with Crippen molar-refractivity contribution in [2.45, 2.75) is 45.1 Å². The first-order valence-electron chi connectivity index (χ1n) is 5.61. The van der Waals surface area contributed by atoms with E-state index in [2.05, 4.69) is 20.1 Å². The molecule has 0 bridgehead atoms. The van der Waals surface area contributed by atoms with E-state index >= 15 is 0 Å². The summed E-state index contributed by atoms with van der Waals surface area (Å²) in [5.41, 5.74) is 1.21. The van der Waals surface area contributed by atoms with Gasteiger partial charge in [-0.2, -0.15) is 0 Å². The first-order valence-corrected chi connectivity index (χ1v) is 5.61. The Morgan fingerprint density at radius 1 is 1.50 bits per heavy atom. The molecule has 0 amide bonds. The van der Waals surface area contributed by atoms with Gasteiger partial charge in [-0.3, -0.25) is 0 Å². The van der Waals surface area contributed by atoms with Crippen LogP contribution in [0.2, 0.25) is 0 Å². The molecule has 1 heteroatoms. The lowest BCUT2D eigenvalue weighted by molar-refractivity contribution is 0.0642. The van der Waals surface area contributed by atoms with Gasteiger partial charge in [-0.05, 0) is 38.0 Å². The first kappa shape index (κ1) is 11.5. The number of rotatable bonds is 4. The van der Waals surface area contributed by atoms with Crippen molar-refractivity contribution >= 4 is 0 Å². The Morgan fingerprint density at radius 3 is 2.79 bits per heavy atom. The second-order valence-corrected chi connectivity index (χ2v) is 4.58. The molecule has 1 nitrogen and oxygen atoms in total. The van der Waals surface area contributed by atoms with Crippen LogP contribution in [0.5, 0.6) is 0 Å². The minimum Gasteiger partial charge on any atom is -0.392 e. The van der Waals surface area contributed by atoms with E-state index in [1.54, 1.807) is 0 Å². The van der Waals surface area contributed by atoms with Crippen molar-refractivity contribution in [2.75, 3.05) is 0 Å². The van der Waals surface area contributed by atoms with E-state index in [0.29, 0.717) is 11.8 Å². The van der Waals surface area contributed by atoms with Gasteiger partial charge in [0.15, 0.2) is 0 Å². The van der Waals surface area contributed by atoms with Crippen LogP contribution in [0.15, 0.2) is 24.8 Å². The molecule has 0 saturated heterocycles. The van der Waals surface area contributed by atoms with E-state index < -0.39 is 0 Å². The molecule has 1 saturated carbocycles. The van der Waals surface area contributed by atoms with Crippen LogP contribution >= 0.6 is 0 Å². The molecule has 0 unspecified atom stereocenters. The summed E-state index contributed by atoms with van der Waals surface area (Å²) < 4.78 is 0. The van der Waals surface area contributed by atoms with Gasteiger partial charge in [-0.1, -0.05) is 25.2 Å². The Balaban J connectivity index is 2.42. The van der Waals surface area contributed by atoms with Crippen LogP contribution in [-0.2, 0) is 0 Å². The lowest BCUT2D eigenvalue weighted by Crippen LogP contribution is -2.29. The van der Waals surface area contributed by atoms with Gasteiger partial charge in [-0.25, -0.2) is 0 Å². The summed E-state index contributed by atoms with van der Waals surface area (Å²) in [7, 11) is 0. The minimum absolute atomic E-state index is 0.156. The highest BCUT2D eigenvalue weighted by Crippen LogP contribution is 2.34. The summed E-state index contributed by atoms with van der Waals surface area (Å²) in [6, 6.07) is 0. The predicted molar refractivity (Wildman–Crippen MR) is 61.1 cm³/mol. The maximum Gasteiger partial charge on any atom is 0.0607 e. The highest BCUT2D eigenvalue weighted by atomic mass is 16.3. The molecule has 0 aliphatic heterocycles. The Hall–Kier alpha value is -0.560. The zero-order valence-electron chi connectivity index (χ0n) is 9.21. The van der Waals surface area contributed by atoms with Crippen molar-refractivity contribution < 1.29 is 5.11 Å². The monoisotopic (exact) mass is 194 g/mol. The average molecular weight is 194 g/mol. The summed E-state index contributed by atoms with van der Waals surface area (Å²) in [4.78, 5) is 0. The van der Waals surface area contributed by atoms with Crippen molar-refractivity contribution in [1.82, 2.24) is 0 Å². The predicted octanol–water partition coefficient (Wildman–Crippen LogP) is 3.31. The van der Waals surface area contributed by atoms with Crippen LogP contribution in [0.4, 0.5) is 0 Å². The second kappa shape index (κ2) is 5.35. The maximum atomic E-state index is 9.92. The van der Waals surface area contributed by atoms with Gasteiger partial charge in [0.25, 0.3) is 0 Å². The molecule has 0 aromatic rings. The minimum atomic E-state index is -0.156. The summed E-state index contributed by atoms with van der Waals surface area (Å²) in [6.45, 7) is 10.0.